The number of benzene rings is 1. The lowest BCUT2D eigenvalue weighted by Gasteiger charge is -2.20. The second-order valence-electron chi connectivity index (χ2n) is 4.64. The number of hydrogen-bond acceptors (Lipinski definition) is 2. The van der Waals surface area contributed by atoms with Crippen molar-refractivity contribution >= 4 is 11.7 Å². The first kappa shape index (κ1) is 12.6. The van der Waals surface area contributed by atoms with Crippen LogP contribution in [0.4, 0.5) is 0 Å². The van der Waals surface area contributed by atoms with E-state index in [2.05, 4.69) is 0 Å². The van der Waals surface area contributed by atoms with E-state index in [9.17, 15) is 9.59 Å². The van der Waals surface area contributed by atoms with Crippen LogP contribution in [0.25, 0.3) is 0 Å². The maximum Gasteiger partial charge on any atom is 0.249 e. The number of carbonyl (C=O) groups excluding carboxylic acids is 2. The van der Waals surface area contributed by atoms with Crippen LogP contribution in [0.5, 0.6) is 0 Å². The standard InChI is InChI=1S/C15H17NO2/c1-16(11-12-6-3-2-4-7-12)15(18)13-8-5-9-14(17)10-13/h2-4,6-7,10H,5,8-9,11H2,1H3. The van der Waals surface area contributed by atoms with Crippen LogP contribution in [0.15, 0.2) is 42.0 Å². The summed E-state index contributed by atoms with van der Waals surface area (Å²) in [7, 11) is 1.77. The fourth-order valence-corrected chi connectivity index (χ4v) is 2.13. The summed E-state index contributed by atoms with van der Waals surface area (Å²) >= 11 is 0. The van der Waals surface area contributed by atoms with Crippen molar-refractivity contribution < 1.29 is 9.59 Å². The molecule has 94 valence electrons. The van der Waals surface area contributed by atoms with Crippen molar-refractivity contribution in [2.75, 3.05) is 7.05 Å². The van der Waals surface area contributed by atoms with Crippen molar-refractivity contribution in [3.63, 3.8) is 0 Å². The molecule has 3 heteroatoms. The molecule has 0 fully saturated rings. The van der Waals surface area contributed by atoms with E-state index in [0.29, 0.717) is 25.0 Å². The van der Waals surface area contributed by atoms with Crippen LogP contribution in [-0.2, 0) is 16.1 Å². The fourth-order valence-electron chi connectivity index (χ4n) is 2.13. The Kier molecular flexibility index (Phi) is 3.92. The van der Waals surface area contributed by atoms with E-state index in [1.54, 1.807) is 11.9 Å². The van der Waals surface area contributed by atoms with E-state index >= 15 is 0 Å². The van der Waals surface area contributed by atoms with Crippen LogP contribution in [0.3, 0.4) is 0 Å². The molecule has 0 saturated heterocycles. The molecule has 0 heterocycles. The van der Waals surface area contributed by atoms with Gasteiger partial charge < -0.3 is 4.90 Å². The first-order valence-corrected chi connectivity index (χ1v) is 6.19. The average Bonchev–Trinajstić information content (AvgIpc) is 2.39. The highest BCUT2D eigenvalue weighted by atomic mass is 16.2. The second-order valence-corrected chi connectivity index (χ2v) is 4.64. The monoisotopic (exact) mass is 243 g/mol. The number of amides is 1. The summed E-state index contributed by atoms with van der Waals surface area (Å²) in [5.74, 6) is 0.0321. The molecule has 0 atom stereocenters. The minimum atomic E-state index is -0.0353. The third-order valence-corrected chi connectivity index (χ3v) is 3.09. The molecule has 0 radical (unpaired) electrons. The number of carbonyl (C=O) groups is 2. The predicted octanol–water partition coefficient (Wildman–Crippen LogP) is 2.32. The van der Waals surface area contributed by atoms with Crippen LogP contribution in [0, 0.1) is 0 Å². The third-order valence-electron chi connectivity index (χ3n) is 3.09. The maximum atomic E-state index is 12.2. The van der Waals surface area contributed by atoms with Gasteiger partial charge in [-0.2, -0.15) is 0 Å². The summed E-state index contributed by atoms with van der Waals surface area (Å²) in [5.41, 5.74) is 1.74. The van der Waals surface area contributed by atoms with Gasteiger partial charge in [-0.15, -0.1) is 0 Å². The van der Waals surface area contributed by atoms with Crippen molar-refractivity contribution in [2.45, 2.75) is 25.8 Å². The lowest BCUT2D eigenvalue weighted by atomic mass is 9.97. The minimum Gasteiger partial charge on any atom is -0.338 e. The lowest BCUT2D eigenvalue weighted by Crippen LogP contribution is -2.29. The van der Waals surface area contributed by atoms with Crippen molar-refractivity contribution in [2.24, 2.45) is 0 Å². The highest BCUT2D eigenvalue weighted by molar-refractivity contribution is 6.02. The SMILES string of the molecule is CN(Cc1ccccc1)C(=O)C1=CC(=O)CCC1. The number of nitrogens with zero attached hydrogens (tertiary/aromatic N) is 1. The Balaban J connectivity index is 2.03. The molecular formula is C15H17NO2. The molecule has 3 nitrogen and oxygen atoms in total. The van der Waals surface area contributed by atoms with Gasteiger partial charge >= 0.3 is 0 Å². The minimum absolute atomic E-state index is 0.0353. The molecular weight excluding hydrogens is 226 g/mol. The smallest absolute Gasteiger partial charge is 0.249 e. The summed E-state index contributed by atoms with van der Waals surface area (Å²) in [5, 5.41) is 0. The zero-order chi connectivity index (χ0) is 13.0. The Morgan fingerprint density at radius 3 is 2.61 bits per heavy atom. The van der Waals surface area contributed by atoms with E-state index in [1.165, 1.54) is 6.08 Å². The van der Waals surface area contributed by atoms with E-state index < -0.39 is 0 Å². The fraction of sp³-hybridized carbons (Fsp3) is 0.333. The molecule has 0 bridgehead atoms. The highest BCUT2D eigenvalue weighted by Gasteiger charge is 2.19. The van der Waals surface area contributed by atoms with E-state index in [0.717, 1.165) is 12.0 Å². The third kappa shape index (κ3) is 3.06. The zero-order valence-corrected chi connectivity index (χ0v) is 10.6. The van der Waals surface area contributed by atoms with Gasteiger partial charge in [-0.25, -0.2) is 0 Å². The molecule has 2 rings (SSSR count). The summed E-state index contributed by atoms with van der Waals surface area (Å²) in [4.78, 5) is 25.1. The van der Waals surface area contributed by atoms with Gasteiger partial charge in [-0.3, -0.25) is 9.59 Å². The zero-order valence-electron chi connectivity index (χ0n) is 10.6. The first-order chi connectivity index (χ1) is 8.66. The predicted molar refractivity (Wildman–Crippen MR) is 69.9 cm³/mol. The van der Waals surface area contributed by atoms with Gasteiger partial charge in [0, 0.05) is 25.6 Å². The molecule has 0 N–H and O–H groups in total. The summed E-state index contributed by atoms with van der Waals surface area (Å²) in [6.07, 6.45) is 3.58. The van der Waals surface area contributed by atoms with Crippen LogP contribution in [-0.4, -0.2) is 23.6 Å². The first-order valence-electron chi connectivity index (χ1n) is 6.19. The van der Waals surface area contributed by atoms with E-state index in [-0.39, 0.29) is 11.7 Å². The van der Waals surface area contributed by atoms with Crippen molar-refractivity contribution in [1.82, 2.24) is 4.90 Å². The summed E-state index contributed by atoms with van der Waals surface area (Å²) in [6.45, 7) is 0.575. The lowest BCUT2D eigenvalue weighted by molar-refractivity contribution is -0.127. The van der Waals surface area contributed by atoms with Gasteiger partial charge in [0.15, 0.2) is 5.78 Å². The maximum absolute atomic E-state index is 12.2. The van der Waals surface area contributed by atoms with Crippen LogP contribution in [0.1, 0.15) is 24.8 Å². The molecule has 1 aliphatic carbocycles. The van der Waals surface area contributed by atoms with Crippen LogP contribution in [0.2, 0.25) is 0 Å². The largest absolute Gasteiger partial charge is 0.338 e. The average molecular weight is 243 g/mol. The molecule has 1 aromatic rings. The summed E-state index contributed by atoms with van der Waals surface area (Å²) < 4.78 is 0. The number of hydrogen-bond donors (Lipinski definition) is 0. The Morgan fingerprint density at radius 2 is 1.94 bits per heavy atom. The molecule has 18 heavy (non-hydrogen) atoms. The summed E-state index contributed by atoms with van der Waals surface area (Å²) in [6, 6.07) is 9.84. The number of ketones is 1. The van der Waals surface area contributed by atoms with Crippen molar-refractivity contribution in [3.8, 4) is 0 Å². The van der Waals surface area contributed by atoms with Gasteiger partial charge in [0.25, 0.3) is 0 Å². The normalized spacial score (nSPS) is 15.2. The molecule has 0 aromatic heterocycles. The number of rotatable bonds is 3. The molecule has 1 aromatic carbocycles. The topological polar surface area (TPSA) is 37.4 Å². The Bertz CT molecular complexity index is 477. The highest BCUT2D eigenvalue weighted by Crippen LogP contribution is 2.17. The quantitative estimate of drug-likeness (QED) is 0.817. The molecule has 0 spiro atoms. The molecule has 0 saturated carbocycles. The molecule has 1 amide bonds. The van der Waals surface area contributed by atoms with Crippen molar-refractivity contribution in [3.05, 3.63) is 47.5 Å². The van der Waals surface area contributed by atoms with Crippen molar-refractivity contribution in [1.29, 1.82) is 0 Å². The number of likely N-dealkylation sites (N-methyl/N-ethyl adjacent to an activating group) is 1. The van der Waals surface area contributed by atoms with Gasteiger partial charge in [-0.05, 0) is 24.5 Å². The van der Waals surface area contributed by atoms with Gasteiger partial charge in [0.2, 0.25) is 5.91 Å². The molecule has 0 aliphatic heterocycles. The van der Waals surface area contributed by atoms with Gasteiger partial charge in [-0.1, -0.05) is 30.3 Å². The molecule has 0 unspecified atom stereocenters. The Labute approximate surface area is 107 Å². The molecule has 1 aliphatic rings. The van der Waals surface area contributed by atoms with E-state index in [4.69, 9.17) is 0 Å². The Hall–Kier alpha value is -1.90. The van der Waals surface area contributed by atoms with Gasteiger partial charge in [0.1, 0.15) is 0 Å². The van der Waals surface area contributed by atoms with Gasteiger partial charge in [0.05, 0.1) is 0 Å². The second kappa shape index (κ2) is 5.63. The van der Waals surface area contributed by atoms with E-state index in [1.807, 2.05) is 30.3 Å². The number of allylic oxidation sites excluding steroid dienone is 1. The van der Waals surface area contributed by atoms with Crippen LogP contribution < -0.4 is 0 Å². The Morgan fingerprint density at radius 1 is 1.22 bits per heavy atom. The van der Waals surface area contributed by atoms with Crippen LogP contribution >= 0.6 is 0 Å².